The van der Waals surface area contributed by atoms with Crippen molar-refractivity contribution in [3.8, 4) is 0 Å². The van der Waals surface area contributed by atoms with Gasteiger partial charge in [0.2, 0.25) is 0 Å². The van der Waals surface area contributed by atoms with Gasteiger partial charge in [-0.05, 0) is 73.5 Å². The van der Waals surface area contributed by atoms with Crippen LogP contribution in [0.5, 0.6) is 0 Å². The van der Waals surface area contributed by atoms with E-state index in [0.29, 0.717) is 32.1 Å². The summed E-state index contributed by atoms with van der Waals surface area (Å²) >= 11 is 0. The van der Waals surface area contributed by atoms with Crippen molar-refractivity contribution in [3.63, 3.8) is 0 Å². The summed E-state index contributed by atoms with van der Waals surface area (Å²) in [6.07, 6.45) is 5.50. The number of carboxylic acids is 1. The molecule has 0 aromatic heterocycles. The second-order valence-corrected chi connectivity index (χ2v) is 12.4. The molecule has 0 amide bonds. The molecule has 0 radical (unpaired) electrons. The predicted molar refractivity (Wildman–Crippen MR) is 128 cm³/mol. The fraction of sp³-hybridized carbons (Fsp3) is 0.857. The van der Waals surface area contributed by atoms with E-state index in [1.807, 2.05) is 0 Å². The molecule has 7 heteroatoms. The van der Waals surface area contributed by atoms with Crippen LogP contribution in [0.2, 0.25) is 0 Å². The number of ether oxygens (including phenoxy) is 2. The van der Waals surface area contributed by atoms with E-state index in [1.165, 1.54) is 13.8 Å². The van der Waals surface area contributed by atoms with Gasteiger partial charge in [-0.25, -0.2) is 0 Å². The van der Waals surface area contributed by atoms with Crippen LogP contribution in [0, 0.1) is 46.3 Å². The highest BCUT2D eigenvalue weighted by atomic mass is 16.5. The fourth-order valence-corrected chi connectivity index (χ4v) is 9.16. The van der Waals surface area contributed by atoms with E-state index in [9.17, 15) is 24.3 Å². The molecule has 0 spiro atoms. The number of carbonyl (C=O) groups is 4. The molecule has 0 aliphatic heterocycles. The minimum atomic E-state index is -0.787. The molecule has 196 valence electrons. The van der Waals surface area contributed by atoms with Crippen LogP contribution in [0.1, 0.15) is 92.4 Å². The molecular formula is C28H42O7. The molecule has 10 atom stereocenters. The number of Topliss-reactive ketones (excluding diaryl/α,β-unsaturated/α-hetero) is 1. The number of carbonyl (C=O) groups excluding carboxylic acids is 3. The lowest BCUT2D eigenvalue weighted by molar-refractivity contribution is -0.219. The molecule has 4 saturated carbocycles. The standard InChI is InChI=1S/C28H42O7/c1-15(6-9-25(32)33)20-7-8-21-26-22(14-24(28(20,21)5)35-17(3)30)27(4)11-10-19(31)12-18(27)13-23(26)34-16(2)29/h15,18,20-24,26H,6-14H2,1-5H3,(H,32,33)/t15-,18+,20-,21+,22+,23-,24+,26+,27+,28-/m0/s1. The van der Waals surface area contributed by atoms with E-state index in [4.69, 9.17) is 9.47 Å². The number of carboxylic acid groups (broad SMARTS) is 1. The smallest absolute Gasteiger partial charge is 0.303 e. The van der Waals surface area contributed by atoms with Crippen molar-refractivity contribution in [1.29, 1.82) is 0 Å². The van der Waals surface area contributed by atoms with Crippen molar-refractivity contribution < 1.29 is 33.8 Å². The lowest BCUT2D eigenvalue weighted by Gasteiger charge is -2.63. The maximum absolute atomic E-state index is 12.4. The maximum Gasteiger partial charge on any atom is 0.303 e. The second-order valence-electron chi connectivity index (χ2n) is 12.4. The van der Waals surface area contributed by atoms with Crippen LogP contribution in [0.3, 0.4) is 0 Å². The van der Waals surface area contributed by atoms with Crippen LogP contribution in [0.4, 0.5) is 0 Å². The Bertz CT molecular complexity index is 883. The monoisotopic (exact) mass is 490 g/mol. The third-order valence-electron chi connectivity index (χ3n) is 10.7. The third kappa shape index (κ3) is 4.53. The van der Waals surface area contributed by atoms with E-state index < -0.39 is 5.97 Å². The van der Waals surface area contributed by atoms with Gasteiger partial charge < -0.3 is 14.6 Å². The highest BCUT2D eigenvalue weighted by Crippen LogP contribution is 2.69. The second kappa shape index (κ2) is 9.51. The molecule has 0 aromatic carbocycles. The van der Waals surface area contributed by atoms with Crippen molar-refractivity contribution in [2.45, 2.75) is 105 Å². The topological polar surface area (TPSA) is 107 Å². The van der Waals surface area contributed by atoms with Crippen molar-refractivity contribution in [1.82, 2.24) is 0 Å². The molecule has 0 bridgehead atoms. The number of rotatable bonds is 6. The summed E-state index contributed by atoms with van der Waals surface area (Å²) in [5.41, 5.74) is -0.362. The summed E-state index contributed by atoms with van der Waals surface area (Å²) in [6, 6.07) is 0. The molecule has 4 aliphatic rings. The summed E-state index contributed by atoms with van der Waals surface area (Å²) in [5.74, 6) is 0.0817. The van der Waals surface area contributed by atoms with E-state index in [2.05, 4.69) is 20.8 Å². The van der Waals surface area contributed by atoms with Crippen LogP contribution in [0.15, 0.2) is 0 Å². The zero-order valence-corrected chi connectivity index (χ0v) is 21.9. The normalized spacial score (nSPS) is 43.3. The largest absolute Gasteiger partial charge is 0.481 e. The highest BCUT2D eigenvalue weighted by Gasteiger charge is 2.67. The molecule has 4 fully saturated rings. The number of fused-ring (bicyclic) bond motifs is 5. The van der Waals surface area contributed by atoms with Gasteiger partial charge in [0.05, 0.1) is 0 Å². The van der Waals surface area contributed by atoms with Crippen LogP contribution in [-0.4, -0.2) is 41.0 Å². The quantitative estimate of drug-likeness (QED) is 0.533. The Morgan fingerprint density at radius 2 is 1.74 bits per heavy atom. The van der Waals surface area contributed by atoms with E-state index in [0.717, 1.165) is 19.3 Å². The van der Waals surface area contributed by atoms with Crippen LogP contribution in [0.25, 0.3) is 0 Å². The molecule has 4 rings (SSSR count). The molecule has 0 saturated heterocycles. The lowest BCUT2D eigenvalue weighted by atomic mass is 9.43. The van der Waals surface area contributed by atoms with Crippen molar-refractivity contribution >= 4 is 23.7 Å². The minimum Gasteiger partial charge on any atom is -0.481 e. The van der Waals surface area contributed by atoms with E-state index in [-0.39, 0.29) is 82.7 Å². The molecular weight excluding hydrogens is 448 g/mol. The lowest BCUT2D eigenvalue weighted by Crippen LogP contribution is -2.63. The summed E-state index contributed by atoms with van der Waals surface area (Å²) in [7, 11) is 0. The van der Waals surface area contributed by atoms with Crippen molar-refractivity contribution in [2.75, 3.05) is 0 Å². The van der Waals surface area contributed by atoms with Gasteiger partial charge >= 0.3 is 17.9 Å². The number of aliphatic carboxylic acids is 1. The Morgan fingerprint density at radius 3 is 2.37 bits per heavy atom. The number of ketones is 1. The fourth-order valence-electron chi connectivity index (χ4n) is 9.16. The van der Waals surface area contributed by atoms with Gasteiger partial charge in [0.15, 0.2) is 0 Å². The van der Waals surface area contributed by atoms with Gasteiger partial charge in [0, 0.05) is 44.4 Å². The Balaban J connectivity index is 1.74. The number of hydrogen-bond donors (Lipinski definition) is 1. The van der Waals surface area contributed by atoms with Gasteiger partial charge in [0.25, 0.3) is 0 Å². The summed E-state index contributed by atoms with van der Waals surface area (Å²) in [5, 5.41) is 9.26. The first-order valence-corrected chi connectivity index (χ1v) is 13.5. The molecule has 1 N–H and O–H groups in total. The van der Waals surface area contributed by atoms with Crippen LogP contribution in [-0.2, 0) is 28.7 Å². The van der Waals surface area contributed by atoms with Gasteiger partial charge in [0.1, 0.15) is 18.0 Å². The summed E-state index contributed by atoms with van der Waals surface area (Å²) in [4.78, 5) is 48.2. The van der Waals surface area contributed by atoms with Gasteiger partial charge in [-0.15, -0.1) is 0 Å². The molecule has 4 aliphatic carbocycles. The van der Waals surface area contributed by atoms with Crippen LogP contribution >= 0.6 is 0 Å². The average Bonchev–Trinajstić information content (AvgIpc) is 3.11. The molecule has 35 heavy (non-hydrogen) atoms. The number of hydrogen-bond acceptors (Lipinski definition) is 6. The Kier molecular flexibility index (Phi) is 7.11. The van der Waals surface area contributed by atoms with E-state index >= 15 is 0 Å². The van der Waals surface area contributed by atoms with Crippen molar-refractivity contribution in [3.05, 3.63) is 0 Å². The number of esters is 2. The Morgan fingerprint density at radius 1 is 1.06 bits per heavy atom. The maximum atomic E-state index is 12.4. The molecule has 0 unspecified atom stereocenters. The average molecular weight is 491 g/mol. The molecule has 0 heterocycles. The zero-order chi connectivity index (χ0) is 25.7. The van der Waals surface area contributed by atoms with E-state index in [1.54, 1.807) is 0 Å². The predicted octanol–water partition coefficient (Wildman–Crippen LogP) is 4.80. The van der Waals surface area contributed by atoms with Gasteiger partial charge in [-0.3, -0.25) is 19.2 Å². The minimum absolute atomic E-state index is 0.0536. The summed E-state index contributed by atoms with van der Waals surface area (Å²) in [6.45, 7) is 9.60. The first-order valence-electron chi connectivity index (χ1n) is 13.5. The third-order valence-corrected chi connectivity index (χ3v) is 10.7. The van der Waals surface area contributed by atoms with Gasteiger partial charge in [-0.1, -0.05) is 20.8 Å². The molecule has 7 nitrogen and oxygen atoms in total. The van der Waals surface area contributed by atoms with Gasteiger partial charge in [-0.2, -0.15) is 0 Å². The van der Waals surface area contributed by atoms with Crippen LogP contribution < -0.4 is 0 Å². The SMILES string of the molecule is CC(=O)O[C@H]1C[C@H]2CC(=O)CC[C@@]2(C)[C@@H]2C[C@@H](OC(C)=O)[C@]3(C)[C@H](CC[C@H]3[C@@H](C)CCC(=O)O)[C@@H]12. The first kappa shape index (κ1) is 26.2. The Labute approximate surface area is 208 Å². The van der Waals surface area contributed by atoms with Crippen molar-refractivity contribution in [2.24, 2.45) is 46.3 Å². The Hall–Kier alpha value is -1.92. The zero-order valence-electron chi connectivity index (χ0n) is 21.9. The summed E-state index contributed by atoms with van der Waals surface area (Å²) < 4.78 is 12.1. The first-order chi connectivity index (χ1) is 16.4. The highest BCUT2D eigenvalue weighted by molar-refractivity contribution is 5.79. The molecule has 0 aromatic rings.